The first-order chi connectivity index (χ1) is 10.9. The molecule has 0 unspecified atom stereocenters. The molecule has 0 radical (unpaired) electrons. The van der Waals surface area contributed by atoms with Gasteiger partial charge < -0.3 is 26.6 Å². The summed E-state index contributed by atoms with van der Waals surface area (Å²) in [6.07, 6.45) is 3.62. The number of hydrogen-bond donors (Lipinski definition) is 0. The number of hydrogen-bond acceptors (Lipinski definition) is 4. The molecule has 2 heterocycles. The smallest absolute Gasteiger partial charge is 0.410 e. The van der Waals surface area contributed by atoms with Crippen LogP contribution in [-0.4, -0.2) is 47.7 Å². The highest BCUT2D eigenvalue weighted by molar-refractivity contribution is 5.68. The van der Waals surface area contributed by atoms with Gasteiger partial charge in [-0.3, -0.25) is 4.90 Å². The molecule has 0 bridgehead atoms. The third kappa shape index (κ3) is 6.46. The summed E-state index contributed by atoms with van der Waals surface area (Å²) < 4.78 is 7.26. The largest absolute Gasteiger partial charge is 1.00 e. The van der Waals surface area contributed by atoms with Crippen molar-refractivity contribution in [2.45, 2.75) is 39.5 Å². The molecule has 0 spiro atoms. The predicted molar refractivity (Wildman–Crippen MR) is 85.3 cm³/mol. The zero-order chi connectivity index (χ0) is 16.9. The van der Waals surface area contributed by atoms with Crippen LogP contribution in [0, 0.1) is 11.3 Å². The summed E-state index contributed by atoms with van der Waals surface area (Å²) in [5, 5.41) is 8.67. The van der Waals surface area contributed by atoms with E-state index in [1.807, 2.05) is 49.9 Å². The molecule has 6 nitrogen and oxygen atoms in total. The number of ether oxygens (including phenoxy) is 1. The molecule has 1 fully saturated rings. The van der Waals surface area contributed by atoms with Gasteiger partial charge in [0.15, 0.2) is 12.4 Å². The Balaban J connectivity index is 0.00000288. The number of aromatic nitrogens is 1. The number of carbonyl (C=O) groups excluding carboxylic acids is 1. The Morgan fingerprint density at radius 2 is 1.83 bits per heavy atom. The average Bonchev–Trinajstić information content (AvgIpc) is 2.48. The molecule has 1 saturated heterocycles. The maximum atomic E-state index is 12.0. The SMILES string of the molecule is CC(C)(C)OC(=O)N1CCN(Cc2cc[n+](CC#N)cc2)CC1.[Br-]. The van der Waals surface area contributed by atoms with Crippen LogP contribution >= 0.6 is 0 Å². The van der Waals surface area contributed by atoms with Gasteiger partial charge in [-0.1, -0.05) is 0 Å². The van der Waals surface area contributed by atoms with Gasteiger partial charge in [0, 0.05) is 44.9 Å². The van der Waals surface area contributed by atoms with E-state index in [9.17, 15) is 4.79 Å². The summed E-state index contributed by atoms with van der Waals surface area (Å²) in [5.74, 6) is 0. The molecule has 132 valence electrons. The monoisotopic (exact) mass is 396 g/mol. The number of halogens is 1. The van der Waals surface area contributed by atoms with Crippen molar-refractivity contribution in [3.63, 3.8) is 0 Å². The molecule has 0 aromatic carbocycles. The van der Waals surface area contributed by atoms with Crippen molar-refractivity contribution in [1.82, 2.24) is 9.80 Å². The van der Waals surface area contributed by atoms with Crippen LogP contribution in [0.5, 0.6) is 0 Å². The third-order valence-electron chi connectivity index (χ3n) is 3.64. The minimum atomic E-state index is -0.447. The third-order valence-corrected chi connectivity index (χ3v) is 3.64. The summed E-state index contributed by atoms with van der Waals surface area (Å²) in [7, 11) is 0. The molecule has 1 aliphatic heterocycles. The molecule has 0 aliphatic carbocycles. The van der Waals surface area contributed by atoms with E-state index in [0.717, 1.165) is 19.6 Å². The molecule has 0 saturated carbocycles. The Morgan fingerprint density at radius 1 is 1.25 bits per heavy atom. The second kappa shape index (κ2) is 9.00. The van der Waals surface area contributed by atoms with Gasteiger partial charge >= 0.3 is 6.09 Å². The second-order valence-corrected chi connectivity index (χ2v) is 6.78. The van der Waals surface area contributed by atoms with E-state index >= 15 is 0 Å². The van der Waals surface area contributed by atoms with Crippen molar-refractivity contribution in [1.29, 1.82) is 5.26 Å². The number of carbonyl (C=O) groups is 1. The van der Waals surface area contributed by atoms with E-state index in [-0.39, 0.29) is 23.1 Å². The van der Waals surface area contributed by atoms with E-state index < -0.39 is 5.60 Å². The number of nitrogens with zero attached hydrogens (tertiary/aromatic N) is 4. The molecule has 1 amide bonds. The van der Waals surface area contributed by atoms with Gasteiger partial charge in [0.05, 0.1) is 0 Å². The van der Waals surface area contributed by atoms with Gasteiger partial charge in [-0.25, -0.2) is 4.79 Å². The standard InChI is InChI=1S/C17H25N4O2.BrH/c1-17(2,3)23-16(22)21-12-10-20(11-13-21)14-15-4-7-19(8-5-15)9-6-18;/h4-5,7-8H,9-14H2,1-3H3;1H/q+1;/p-1. The van der Waals surface area contributed by atoms with Crippen molar-refractivity contribution in [3.8, 4) is 6.07 Å². The summed E-state index contributed by atoms with van der Waals surface area (Å²) in [5.41, 5.74) is 0.766. The lowest BCUT2D eigenvalue weighted by atomic mass is 10.2. The maximum absolute atomic E-state index is 12.0. The van der Waals surface area contributed by atoms with Crippen LogP contribution in [0.15, 0.2) is 24.5 Å². The Hall–Kier alpha value is -1.65. The van der Waals surface area contributed by atoms with Crippen LogP contribution in [0.1, 0.15) is 26.3 Å². The molecule has 7 heteroatoms. The van der Waals surface area contributed by atoms with E-state index in [2.05, 4.69) is 11.0 Å². The van der Waals surface area contributed by atoms with Crippen LogP contribution in [0.3, 0.4) is 0 Å². The Labute approximate surface area is 154 Å². The number of nitriles is 1. The van der Waals surface area contributed by atoms with Crippen LogP contribution in [0.2, 0.25) is 0 Å². The number of amides is 1. The maximum Gasteiger partial charge on any atom is 0.410 e. The molecule has 2 rings (SSSR count). The van der Waals surface area contributed by atoms with Crippen molar-refractivity contribution in [3.05, 3.63) is 30.1 Å². The molecule has 1 aromatic heterocycles. The van der Waals surface area contributed by atoms with Crippen molar-refractivity contribution < 1.29 is 31.1 Å². The van der Waals surface area contributed by atoms with E-state index in [1.165, 1.54) is 5.56 Å². The number of pyridine rings is 1. The van der Waals surface area contributed by atoms with Crippen LogP contribution in [0.4, 0.5) is 4.79 Å². The molecule has 1 aromatic rings. The zero-order valence-corrected chi connectivity index (χ0v) is 16.1. The highest BCUT2D eigenvalue weighted by atomic mass is 79.9. The molecular weight excluding hydrogens is 372 g/mol. The quantitative estimate of drug-likeness (QED) is 0.586. The Bertz CT molecular complexity index is 570. The van der Waals surface area contributed by atoms with Gasteiger partial charge in [0.25, 0.3) is 0 Å². The summed E-state index contributed by atoms with van der Waals surface area (Å²) >= 11 is 0. The fourth-order valence-electron chi connectivity index (χ4n) is 2.45. The van der Waals surface area contributed by atoms with Crippen molar-refractivity contribution >= 4 is 6.09 Å². The first kappa shape index (κ1) is 20.4. The van der Waals surface area contributed by atoms with Gasteiger partial charge in [-0.05, 0) is 26.3 Å². The zero-order valence-electron chi connectivity index (χ0n) is 14.5. The highest BCUT2D eigenvalue weighted by Crippen LogP contribution is 2.13. The van der Waals surface area contributed by atoms with Crippen LogP contribution < -0.4 is 21.5 Å². The molecular formula is C17H25BrN4O2. The number of piperazine rings is 1. The molecule has 0 N–H and O–H groups in total. The lowest BCUT2D eigenvalue weighted by Gasteiger charge is -2.35. The minimum Gasteiger partial charge on any atom is -1.00 e. The second-order valence-electron chi connectivity index (χ2n) is 6.78. The van der Waals surface area contributed by atoms with Crippen LogP contribution in [-0.2, 0) is 17.8 Å². The van der Waals surface area contributed by atoms with E-state index in [0.29, 0.717) is 19.6 Å². The highest BCUT2D eigenvalue weighted by Gasteiger charge is 2.25. The summed E-state index contributed by atoms with van der Waals surface area (Å²) in [6, 6.07) is 6.20. The van der Waals surface area contributed by atoms with E-state index in [4.69, 9.17) is 10.00 Å². The normalized spacial score (nSPS) is 15.3. The molecule has 24 heavy (non-hydrogen) atoms. The molecule has 1 aliphatic rings. The van der Waals surface area contributed by atoms with Gasteiger partial charge in [0.1, 0.15) is 11.7 Å². The van der Waals surface area contributed by atoms with Crippen molar-refractivity contribution in [2.24, 2.45) is 0 Å². The van der Waals surface area contributed by atoms with E-state index in [1.54, 1.807) is 4.90 Å². The summed E-state index contributed by atoms with van der Waals surface area (Å²) in [6.45, 7) is 9.94. The van der Waals surface area contributed by atoms with Gasteiger partial charge in [-0.15, -0.1) is 0 Å². The summed E-state index contributed by atoms with van der Waals surface area (Å²) in [4.78, 5) is 16.1. The Morgan fingerprint density at radius 3 is 2.33 bits per heavy atom. The molecule has 0 atom stereocenters. The first-order valence-electron chi connectivity index (χ1n) is 7.92. The topological polar surface area (TPSA) is 60.5 Å². The fraction of sp³-hybridized carbons (Fsp3) is 0.588. The minimum absolute atomic E-state index is 0. The van der Waals surface area contributed by atoms with Gasteiger partial charge in [-0.2, -0.15) is 9.83 Å². The van der Waals surface area contributed by atoms with Crippen LogP contribution in [0.25, 0.3) is 0 Å². The van der Waals surface area contributed by atoms with Crippen molar-refractivity contribution in [2.75, 3.05) is 26.2 Å². The first-order valence-corrected chi connectivity index (χ1v) is 7.92. The lowest BCUT2D eigenvalue weighted by Crippen LogP contribution is -3.00. The average molecular weight is 397 g/mol. The predicted octanol–water partition coefficient (Wildman–Crippen LogP) is -1.45. The number of rotatable bonds is 3. The van der Waals surface area contributed by atoms with Gasteiger partial charge in [0.2, 0.25) is 6.54 Å². The Kier molecular flexibility index (Phi) is 7.64. The fourth-order valence-corrected chi connectivity index (χ4v) is 2.45. The lowest BCUT2D eigenvalue weighted by molar-refractivity contribution is -0.685.